The molecule has 0 bridgehead atoms. The van der Waals surface area contributed by atoms with Crippen LogP contribution in [0.5, 0.6) is 11.5 Å². The van der Waals surface area contributed by atoms with Crippen LogP contribution in [0, 0.1) is 6.92 Å². The number of aromatic nitrogens is 2. The summed E-state index contributed by atoms with van der Waals surface area (Å²) in [6.45, 7) is 2.38. The molecule has 182 valence electrons. The van der Waals surface area contributed by atoms with Gasteiger partial charge >= 0.3 is 6.18 Å². The first-order chi connectivity index (χ1) is 17.3. The first-order valence-electron chi connectivity index (χ1n) is 11.1. The van der Waals surface area contributed by atoms with Crippen LogP contribution < -0.4 is 14.8 Å². The number of fused-ring (bicyclic) bond motifs is 1. The van der Waals surface area contributed by atoms with Gasteiger partial charge in [-0.1, -0.05) is 18.2 Å². The van der Waals surface area contributed by atoms with Crippen LogP contribution >= 0.6 is 0 Å². The number of alkyl halides is 3. The van der Waals surface area contributed by atoms with E-state index in [-0.39, 0.29) is 11.3 Å². The molecule has 9 heteroatoms. The van der Waals surface area contributed by atoms with Gasteiger partial charge in [-0.25, -0.2) is 9.97 Å². The Morgan fingerprint density at radius 2 is 1.53 bits per heavy atom. The molecule has 36 heavy (non-hydrogen) atoms. The van der Waals surface area contributed by atoms with Crippen LogP contribution in [0.2, 0.25) is 0 Å². The second-order valence-corrected chi connectivity index (χ2v) is 8.13. The number of nitrogens with one attached hydrogen (secondary N) is 1. The zero-order valence-electron chi connectivity index (χ0n) is 19.1. The third kappa shape index (κ3) is 4.86. The number of pyridine rings is 2. The number of hydrogen-bond donors (Lipinski definition) is 1. The van der Waals surface area contributed by atoms with Crippen molar-refractivity contribution in [1.29, 1.82) is 0 Å². The fourth-order valence-corrected chi connectivity index (χ4v) is 3.87. The van der Waals surface area contributed by atoms with Crippen molar-refractivity contribution in [2.75, 3.05) is 18.5 Å². The molecule has 0 saturated heterocycles. The lowest BCUT2D eigenvalue weighted by molar-refractivity contribution is -0.141. The molecule has 0 atom stereocenters. The second-order valence-electron chi connectivity index (χ2n) is 8.13. The predicted molar refractivity (Wildman–Crippen MR) is 128 cm³/mol. The Bertz CT molecular complexity index is 1450. The molecule has 6 nitrogen and oxygen atoms in total. The van der Waals surface area contributed by atoms with Crippen molar-refractivity contribution in [3.63, 3.8) is 0 Å². The van der Waals surface area contributed by atoms with Crippen LogP contribution in [0.3, 0.4) is 0 Å². The number of halogens is 3. The van der Waals surface area contributed by atoms with Gasteiger partial charge in [-0.2, -0.15) is 13.2 Å². The summed E-state index contributed by atoms with van der Waals surface area (Å²) in [5.74, 6) is 0.815. The largest absolute Gasteiger partial charge is 0.486 e. The lowest BCUT2D eigenvalue weighted by Gasteiger charge is -2.18. The summed E-state index contributed by atoms with van der Waals surface area (Å²) in [4.78, 5) is 21.0. The Labute approximate surface area is 204 Å². The smallest absolute Gasteiger partial charge is 0.433 e. The number of carbonyl (C=O) groups excluding carboxylic acids is 1. The molecule has 0 saturated carbocycles. The van der Waals surface area contributed by atoms with E-state index < -0.39 is 17.8 Å². The molecule has 2 aromatic carbocycles. The molecule has 2 aromatic heterocycles. The van der Waals surface area contributed by atoms with Gasteiger partial charge < -0.3 is 14.8 Å². The number of rotatable bonds is 4. The average Bonchev–Trinajstić information content (AvgIpc) is 2.88. The van der Waals surface area contributed by atoms with Crippen LogP contribution in [-0.4, -0.2) is 29.1 Å². The van der Waals surface area contributed by atoms with E-state index in [1.807, 2.05) is 42.5 Å². The van der Waals surface area contributed by atoms with Gasteiger partial charge in [0, 0.05) is 16.8 Å². The monoisotopic (exact) mass is 491 g/mol. The molecule has 1 amide bonds. The molecule has 0 unspecified atom stereocenters. The van der Waals surface area contributed by atoms with E-state index in [9.17, 15) is 18.0 Å². The van der Waals surface area contributed by atoms with Crippen molar-refractivity contribution in [3.05, 3.63) is 89.7 Å². The standard InChI is InChI=1S/C27H20F3N3O3/c1-16-20(9-11-25(31-16)27(28,29)30)26(34)32-19-5-2-4-17(14-19)21-6-3-7-22(33-21)18-8-10-23-24(15-18)36-13-12-35-23/h2-11,14-15H,12-13H2,1H3,(H,32,34). The number of anilines is 1. The molecule has 0 aliphatic carbocycles. The first-order valence-corrected chi connectivity index (χ1v) is 11.1. The van der Waals surface area contributed by atoms with E-state index >= 15 is 0 Å². The van der Waals surface area contributed by atoms with Gasteiger partial charge in [0.1, 0.15) is 18.9 Å². The maximum absolute atomic E-state index is 12.9. The summed E-state index contributed by atoms with van der Waals surface area (Å²) >= 11 is 0. The summed E-state index contributed by atoms with van der Waals surface area (Å²) in [7, 11) is 0. The molecular formula is C27H20F3N3O3. The quantitative estimate of drug-likeness (QED) is 0.370. The molecular weight excluding hydrogens is 471 g/mol. The minimum Gasteiger partial charge on any atom is -0.486 e. The summed E-state index contributed by atoms with van der Waals surface area (Å²) in [6.07, 6.45) is -4.57. The number of carbonyl (C=O) groups is 1. The fraction of sp³-hybridized carbons (Fsp3) is 0.148. The number of benzene rings is 2. The molecule has 1 aliphatic rings. The Morgan fingerprint density at radius 3 is 2.25 bits per heavy atom. The third-order valence-corrected chi connectivity index (χ3v) is 5.62. The molecule has 3 heterocycles. The average molecular weight is 491 g/mol. The normalized spacial score (nSPS) is 12.8. The number of hydrogen-bond acceptors (Lipinski definition) is 5. The summed E-state index contributed by atoms with van der Waals surface area (Å²) in [5.41, 5.74) is 2.55. The fourth-order valence-electron chi connectivity index (χ4n) is 3.87. The lowest BCUT2D eigenvalue weighted by atomic mass is 10.1. The highest BCUT2D eigenvalue weighted by molar-refractivity contribution is 6.05. The van der Waals surface area contributed by atoms with Gasteiger partial charge in [-0.3, -0.25) is 4.79 Å². The molecule has 0 radical (unpaired) electrons. The minimum absolute atomic E-state index is 0.00715. The van der Waals surface area contributed by atoms with Gasteiger partial charge in [0.05, 0.1) is 22.6 Å². The highest BCUT2D eigenvalue weighted by Crippen LogP contribution is 2.35. The van der Waals surface area contributed by atoms with E-state index in [1.165, 1.54) is 6.92 Å². The zero-order valence-corrected chi connectivity index (χ0v) is 19.1. The highest BCUT2D eigenvalue weighted by Gasteiger charge is 2.33. The van der Waals surface area contributed by atoms with E-state index in [0.29, 0.717) is 36.1 Å². The summed E-state index contributed by atoms with van der Waals surface area (Å²) in [6, 6.07) is 20.3. The van der Waals surface area contributed by atoms with E-state index in [4.69, 9.17) is 14.5 Å². The number of amides is 1. The summed E-state index contributed by atoms with van der Waals surface area (Å²) < 4.78 is 49.9. The van der Waals surface area contributed by atoms with Crippen molar-refractivity contribution < 1.29 is 27.4 Å². The van der Waals surface area contributed by atoms with E-state index in [0.717, 1.165) is 29.0 Å². The Hall–Kier alpha value is -4.40. The Balaban J connectivity index is 1.38. The van der Waals surface area contributed by atoms with Gasteiger partial charge in [0.2, 0.25) is 0 Å². The van der Waals surface area contributed by atoms with Crippen LogP contribution in [0.15, 0.2) is 72.8 Å². The van der Waals surface area contributed by atoms with Crippen LogP contribution in [0.1, 0.15) is 21.7 Å². The van der Waals surface area contributed by atoms with Crippen molar-refractivity contribution >= 4 is 11.6 Å². The molecule has 5 rings (SSSR count). The van der Waals surface area contributed by atoms with Crippen LogP contribution in [0.4, 0.5) is 18.9 Å². The zero-order chi connectivity index (χ0) is 25.3. The predicted octanol–water partition coefficient (Wildman–Crippen LogP) is 6.16. The van der Waals surface area contributed by atoms with Gasteiger partial charge in [-0.15, -0.1) is 0 Å². The second kappa shape index (κ2) is 9.33. The maximum atomic E-state index is 12.9. The topological polar surface area (TPSA) is 73.3 Å². The molecule has 1 N–H and O–H groups in total. The third-order valence-electron chi connectivity index (χ3n) is 5.62. The molecule has 1 aliphatic heterocycles. The number of ether oxygens (including phenoxy) is 2. The van der Waals surface area contributed by atoms with Gasteiger partial charge in [0.25, 0.3) is 5.91 Å². The summed E-state index contributed by atoms with van der Waals surface area (Å²) in [5, 5.41) is 2.73. The minimum atomic E-state index is -4.57. The first kappa shape index (κ1) is 23.3. The van der Waals surface area contributed by atoms with Crippen molar-refractivity contribution in [2.45, 2.75) is 13.1 Å². The van der Waals surface area contributed by atoms with Crippen molar-refractivity contribution in [1.82, 2.24) is 9.97 Å². The van der Waals surface area contributed by atoms with Crippen LogP contribution in [0.25, 0.3) is 22.5 Å². The van der Waals surface area contributed by atoms with Gasteiger partial charge in [0.15, 0.2) is 11.5 Å². The van der Waals surface area contributed by atoms with E-state index in [1.54, 1.807) is 18.2 Å². The Morgan fingerprint density at radius 1 is 0.833 bits per heavy atom. The molecule has 4 aromatic rings. The van der Waals surface area contributed by atoms with Gasteiger partial charge in [-0.05, 0) is 61.5 Å². The number of aryl methyl sites for hydroxylation is 1. The van der Waals surface area contributed by atoms with Crippen molar-refractivity contribution in [2.24, 2.45) is 0 Å². The van der Waals surface area contributed by atoms with Crippen molar-refractivity contribution in [3.8, 4) is 34.0 Å². The SMILES string of the molecule is Cc1nc(C(F)(F)F)ccc1C(=O)Nc1cccc(-c2cccc(-c3ccc4c(c3)OCCO4)n2)c1. The molecule has 0 fully saturated rings. The maximum Gasteiger partial charge on any atom is 0.433 e. The molecule has 0 spiro atoms. The Kier molecular flexibility index (Phi) is 6.05. The lowest BCUT2D eigenvalue weighted by Crippen LogP contribution is -2.16. The van der Waals surface area contributed by atoms with E-state index in [2.05, 4.69) is 10.3 Å². The highest BCUT2D eigenvalue weighted by atomic mass is 19.4. The number of nitrogens with zero attached hydrogens (tertiary/aromatic N) is 2. The van der Waals surface area contributed by atoms with Crippen LogP contribution in [-0.2, 0) is 6.18 Å².